The molecule has 0 unspecified atom stereocenters. The molecule has 0 aliphatic carbocycles. The first-order valence-electron chi connectivity index (χ1n) is 7.35. The molecule has 0 aromatic heterocycles. The molecule has 116 valence electrons. The van der Waals surface area contributed by atoms with Crippen molar-refractivity contribution in [2.45, 2.75) is 20.3 Å². The number of hydrogen-bond acceptors (Lipinski definition) is 2. The normalized spacial score (nSPS) is 9.48. The van der Waals surface area contributed by atoms with E-state index >= 15 is 0 Å². The van der Waals surface area contributed by atoms with E-state index < -0.39 is 0 Å². The number of benzene rings is 2. The Bertz CT molecular complexity index is 722. The van der Waals surface area contributed by atoms with E-state index in [1.54, 1.807) is 0 Å². The van der Waals surface area contributed by atoms with Crippen LogP contribution in [0.3, 0.4) is 0 Å². The van der Waals surface area contributed by atoms with Gasteiger partial charge in [-0.2, -0.15) is 0 Å². The molecule has 0 radical (unpaired) electrons. The van der Waals surface area contributed by atoms with Crippen LogP contribution in [0.4, 0.5) is 0 Å². The van der Waals surface area contributed by atoms with Crippen molar-refractivity contribution >= 4 is 0 Å². The average Bonchev–Trinajstić information content (AvgIpc) is 2.53. The zero-order valence-electron chi connectivity index (χ0n) is 13.6. The minimum Gasteiger partial charge on any atom is -0.457 e. The van der Waals surface area contributed by atoms with Gasteiger partial charge in [-0.3, -0.25) is 0 Å². The molecule has 2 aromatic rings. The maximum Gasteiger partial charge on any atom is 0.133 e. The Kier molecular flexibility index (Phi) is 5.66. The second-order valence-electron chi connectivity index (χ2n) is 5.28. The standard InChI is InChI=1S/C21H20O2/c1-5-11-22-20-9-7-16(3)13-18(20)15-19-14-17(4)8-10-21(19)23-12-6-2/h7-14H,1-2,15H2,3-4H3. The van der Waals surface area contributed by atoms with Crippen molar-refractivity contribution in [3.8, 4) is 11.5 Å². The Morgan fingerprint density at radius 2 is 1.26 bits per heavy atom. The van der Waals surface area contributed by atoms with Crippen LogP contribution in [0, 0.1) is 13.8 Å². The molecule has 0 bridgehead atoms. The van der Waals surface area contributed by atoms with Crippen LogP contribution in [-0.2, 0) is 6.42 Å². The molecule has 2 aromatic carbocycles. The third-order valence-corrected chi connectivity index (χ3v) is 3.35. The van der Waals surface area contributed by atoms with Crippen LogP contribution in [0.1, 0.15) is 22.3 Å². The molecule has 0 saturated heterocycles. The van der Waals surface area contributed by atoms with E-state index in [0.29, 0.717) is 6.42 Å². The van der Waals surface area contributed by atoms with Crippen LogP contribution < -0.4 is 9.47 Å². The summed E-state index contributed by atoms with van der Waals surface area (Å²) in [4.78, 5) is 0. The fourth-order valence-electron chi connectivity index (χ4n) is 2.34. The van der Waals surface area contributed by atoms with Gasteiger partial charge in [-0.1, -0.05) is 60.0 Å². The van der Waals surface area contributed by atoms with Crippen LogP contribution >= 0.6 is 0 Å². The lowest BCUT2D eigenvalue weighted by Gasteiger charge is -2.13. The Labute approximate surface area is 137 Å². The summed E-state index contributed by atoms with van der Waals surface area (Å²) in [6.07, 6.45) is 3.62. The van der Waals surface area contributed by atoms with Crippen LogP contribution in [0.15, 0.2) is 73.5 Å². The SMILES string of the molecule is C=C=COc1ccc(C)cc1Cc1cc(C)ccc1OC=C=C. The Morgan fingerprint density at radius 3 is 1.65 bits per heavy atom. The molecule has 23 heavy (non-hydrogen) atoms. The first kappa shape index (κ1) is 16.5. The third kappa shape index (κ3) is 4.52. The quantitative estimate of drug-likeness (QED) is 0.536. The summed E-state index contributed by atoms with van der Waals surface area (Å²) >= 11 is 0. The molecule has 0 heterocycles. The highest BCUT2D eigenvalue weighted by atomic mass is 16.5. The van der Waals surface area contributed by atoms with Crippen LogP contribution in [0.5, 0.6) is 11.5 Å². The summed E-state index contributed by atoms with van der Waals surface area (Å²) < 4.78 is 11.2. The minimum atomic E-state index is 0.698. The first-order chi connectivity index (χ1) is 11.1. The first-order valence-corrected chi connectivity index (χ1v) is 7.35. The number of aryl methyl sites for hydroxylation is 2. The van der Waals surface area contributed by atoms with Gasteiger partial charge in [0.15, 0.2) is 0 Å². The van der Waals surface area contributed by atoms with Gasteiger partial charge in [0, 0.05) is 6.42 Å². The van der Waals surface area contributed by atoms with E-state index in [9.17, 15) is 0 Å². The van der Waals surface area contributed by atoms with Gasteiger partial charge < -0.3 is 9.47 Å². The van der Waals surface area contributed by atoms with Crippen molar-refractivity contribution in [1.29, 1.82) is 0 Å². The minimum absolute atomic E-state index is 0.698. The highest BCUT2D eigenvalue weighted by Crippen LogP contribution is 2.28. The summed E-state index contributed by atoms with van der Waals surface area (Å²) in [5.74, 6) is 1.58. The molecule has 0 aliphatic rings. The van der Waals surface area contributed by atoms with Crippen molar-refractivity contribution in [2.24, 2.45) is 0 Å². The molecule has 2 rings (SSSR count). The largest absolute Gasteiger partial charge is 0.457 e. The zero-order chi connectivity index (χ0) is 16.7. The van der Waals surface area contributed by atoms with Gasteiger partial charge in [-0.05, 0) is 37.1 Å². The summed E-state index contributed by atoms with van der Waals surface area (Å²) in [5.41, 5.74) is 9.77. The van der Waals surface area contributed by atoms with E-state index in [2.05, 4.69) is 50.6 Å². The lowest BCUT2D eigenvalue weighted by molar-refractivity contribution is 0.470. The maximum absolute atomic E-state index is 5.60. The van der Waals surface area contributed by atoms with Gasteiger partial charge in [-0.15, -0.1) is 0 Å². The molecule has 2 heteroatoms. The van der Waals surface area contributed by atoms with Crippen LogP contribution in [0.2, 0.25) is 0 Å². The lowest BCUT2D eigenvalue weighted by Crippen LogP contribution is -1.97. The summed E-state index contributed by atoms with van der Waals surface area (Å²) in [7, 11) is 0. The Balaban J connectivity index is 2.41. The molecule has 0 spiro atoms. The van der Waals surface area contributed by atoms with E-state index in [-0.39, 0.29) is 0 Å². The van der Waals surface area contributed by atoms with E-state index in [4.69, 9.17) is 9.47 Å². The second-order valence-corrected chi connectivity index (χ2v) is 5.28. The smallest absolute Gasteiger partial charge is 0.133 e. The zero-order valence-corrected chi connectivity index (χ0v) is 13.6. The monoisotopic (exact) mass is 304 g/mol. The highest BCUT2D eigenvalue weighted by Gasteiger charge is 2.10. The van der Waals surface area contributed by atoms with Gasteiger partial charge >= 0.3 is 0 Å². The van der Waals surface area contributed by atoms with Crippen LogP contribution in [0.25, 0.3) is 0 Å². The van der Waals surface area contributed by atoms with E-state index in [1.807, 2.05) is 24.3 Å². The molecule has 0 atom stereocenters. The van der Waals surface area contributed by atoms with Gasteiger partial charge in [0.1, 0.15) is 24.0 Å². The van der Waals surface area contributed by atoms with E-state index in [0.717, 1.165) is 22.6 Å². The van der Waals surface area contributed by atoms with Gasteiger partial charge in [0.05, 0.1) is 0 Å². The van der Waals surface area contributed by atoms with Crippen molar-refractivity contribution in [2.75, 3.05) is 0 Å². The molecule has 0 saturated carbocycles. The average molecular weight is 304 g/mol. The highest BCUT2D eigenvalue weighted by molar-refractivity contribution is 5.45. The lowest BCUT2D eigenvalue weighted by atomic mass is 10.00. The van der Waals surface area contributed by atoms with Crippen LogP contribution in [-0.4, -0.2) is 0 Å². The predicted octanol–water partition coefficient (Wildman–Crippen LogP) is 5.25. The number of ether oxygens (including phenoxy) is 2. The fraction of sp³-hybridized carbons (Fsp3) is 0.143. The fourth-order valence-corrected chi connectivity index (χ4v) is 2.34. The predicted molar refractivity (Wildman–Crippen MR) is 93.8 cm³/mol. The maximum atomic E-state index is 5.60. The Hall–Kier alpha value is -2.92. The van der Waals surface area contributed by atoms with Gasteiger partial charge in [0.25, 0.3) is 0 Å². The number of rotatable bonds is 6. The van der Waals surface area contributed by atoms with Gasteiger partial charge in [-0.25, -0.2) is 0 Å². The second kappa shape index (κ2) is 7.91. The summed E-state index contributed by atoms with van der Waals surface area (Å²) in [6, 6.07) is 12.2. The van der Waals surface area contributed by atoms with Crippen molar-refractivity contribution in [3.63, 3.8) is 0 Å². The molecule has 2 nitrogen and oxygen atoms in total. The van der Waals surface area contributed by atoms with Crippen molar-refractivity contribution in [1.82, 2.24) is 0 Å². The third-order valence-electron chi connectivity index (χ3n) is 3.35. The molecular weight excluding hydrogens is 284 g/mol. The molecule has 0 amide bonds. The summed E-state index contributed by atoms with van der Waals surface area (Å²) in [5, 5.41) is 0. The topological polar surface area (TPSA) is 18.5 Å². The van der Waals surface area contributed by atoms with Gasteiger partial charge in [0.2, 0.25) is 0 Å². The van der Waals surface area contributed by atoms with Crippen molar-refractivity contribution < 1.29 is 9.47 Å². The van der Waals surface area contributed by atoms with Crippen molar-refractivity contribution in [3.05, 3.63) is 95.8 Å². The molecule has 0 N–H and O–H groups in total. The molecule has 0 fully saturated rings. The summed E-state index contributed by atoms with van der Waals surface area (Å²) in [6.45, 7) is 11.2. The molecular formula is C21H20O2. The number of hydrogen-bond donors (Lipinski definition) is 0. The molecule has 0 aliphatic heterocycles. The van der Waals surface area contributed by atoms with E-state index in [1.165, 1.54) is 23.7 Å². The Morgan fingerprint density at radius 1 is 0.826 bits per heavy atom.